The molecule has 3 aromatic rings. The summed E-state index contributed by atoms with van der Waals surface area (Å²) in [4.78, 5) is 0. The van der Waals surface area contributed by atoms with Gasteiger partial charge in [-0.2, -0.15) is 0 Å². The first-order valence-electron chi connectivity index (χ1n) is 16.6. The molecule has 3 aromatic carbocycles. The van der Waals surface area contributed by atoms with Crippen molar-refractivity contribution in [1.82, 2.24) is 0 Å². The standard InChI is InChI=1S/C39H56/c1-7-10-12-14-16-20-26-39(27-21-17-15-13-11-8-2)35-29-31(38(5,6)9-3)24-25-34(35)37-33-23-19-18-22-32(33)30(4)28-36(37)39/h18-19,22-25,28-29H,7-17,20-21,26-27H2,1-6H3. The Bertz CT molecular complexity index is 1190. The summed E-state index contributed by atoms with van der Waals surface area (Å²) in [5.74, 6) is 0. The monoisotopic (exact) mass is 524 g/mol. The van der Waals surface area contributed by atoms with Crippen molar-refractivity contribution in [2.75, 3.05) is 0 Å². The Morgan fingerprint density at radius 3 is 1.77 bits per heavy atom. The van der Waals surface area contributed by atoms with Crippen LogP contribution in [0.15, 0.2) is 48.5 Å². The van der Waals surface area contributed by atoms with Gasteiger partial charge in [0.05, 0.1) is 0 Å². The lowest BCUT2D eigenvalue weighted by Crippen LogP contribution is -2.26. The van der Waals surface area contributed by atoms with E-state index in [1.807, 2.05) is 0 Å². The molecule has 212 valence electrons. The molecule has 0 aromatic heterocycles. The second kappa shape index (κ2) is 13.5. The molecule has 0 fully saturated rings. The lowest BCUT2D eigenvalue weighted by atomic mass is 9.69. The summed E-state index contributed by atoms with van der Waals surface area (Å²) in [6.45, 7) is 14.2. The van der Waals surface area contributed by atoms with Crippen LogP contribution in [0.25, 0.3) is 21.9 Å². The Morgan fingerprint density at radius 2 is 1.18 bits per heavy atom. The zero-order valence-corrected chi connectivity index (χ0v) is 26.2. The minimum absolute atomic E-state index is 0.148. The van der Waals surface area contributed by atoms with E-state index in [-0.39, 0.29) is 10.8 Å². The topological polar surface area (TPSA) is 0 Å². The molecule has 0 amide bonds. The molecule has 1 aliphatic carbocycles. The number of unbranched alkanes of at least 4 members (excludes halogenated alkanes) is 10. The Balaban J connectivity index is 1.82. The summed E-state index contributed by atoms with van der Waals surface area (Å²) in [7, 11) is 0. The first kappa shape index (κ1) is 29.9. The van der Waals surface area contributed by atoms with E-state index in [1.54, 1.807) is 16.7 Å². The van der Waals surface area contributed by atoms with Gasteiger partial charge in [0.2, 0.25) is 0 Å². The minimum Gasteiger partial charge on any atom is -0.0654 e. The maximum Gasteiger partial charge on any atom is 0.0215 e. The van der Waals surface area contributed by atoms with Crippen LogP contribution in [0.4, 0.5) is 0 Å². The average molecular weight is 525 g/mol. The SMILES string of the molecule is CCCCCCCCC1(CCCCCCCC)c2cc(C(C)(C)CC)ccc2-c2c1cc(C)c1ccccc21. The van der Waals surface area contributed by atoms with Gasteiger partial charge in [-0.1, -0.05) is 160 Å². The molecule has 0 heteroatoms. The normalized spacial score (nSPS) is 14.1. The summed E-state index contributed by atoms with van der Waals surface area (Å²) in [6.07, 6.45) is 20.2. The number of aryl methyl sites for hydroxylation is 1. The van der Waals surface area contributed by atoms with Gasteiger partial charge in [-0.25, -0.2) is 0 Å². The van der Waals surface area contributed by atoms with Crippen molar-refractivity contribution in [1.29, 1.82) is 0 Å². The van der Waals surface area contributed by atoms with Crippen LogP contribution in [0.2, 0.25) is 0 Å². The fraction of sp³-hybridized carbons (Fsp3) is 0.590. The molecule has 0 heterocycles. The molecule has 0 spiro atoms. The van der Waals surface area contributed by atoms with E-state index >= 15 is 0 Å². The Hall–Kier alpha value is -2.08. The van der Waals surface area contributed by atoms with Crippen LogP contribution < -0.4 is 0 Å². The lowest BCUT2D eigenvalue weighted by Gasteiger charge is -2.34. The highest BCUT2D eigenvalue weighted by Gasteiger charge is 2.43. The minimum atomic E-state index is 0.148. The van der Waals surface area contributed by atoms with Gasteiger partial charge >= 0.3 is 0 Å². The van der Waals surface area contributed by atoms with Crippen molar-refractivity contribution in [3.8, 4) is 11.1 Å². The summed E-state index contributed by atoms with van der Waals surface area (Å²) >= 11 is 0. The zero-order valence-electron chi connectivity index (χ0n) is 26.2. The quantitative estimate of drug-likeness (QED) is 0.163. The Kier molecular flexibility index (Phi) is 10.4. The molecule has 1 aliphatic rings. The Labute approximate surface area is 241 Å². The van der Waals surface area contributed by atoms with Crippen molar-refractivity contribution < 1.29 is 0 Å². The maximum atomic E-state index is 2.66. The molecule has 39 heavy (non-hydrogen) atoms. The molecular formula is C39H56. The van der Waals surface area contributed by atoms with E-state index in [1.165, 1.54) is 124 Å². The van der Waals surface area contributed by atoms with Crippen LogP contribution in [0.5, 0.6) is 0 Å². The predicted octanol–water partition coefficient (Wildman–Crippen LogP) is 12.6. The van der Waals surface area contributed by atoms with Crippen LogP contribution in [-0.2, 0) is 10.8 Å². The molecule has 0 saturated carbocycles. The maximum absolute atomic E-state index is 2.66. The molecule has 0 nitrogen and oxygen atoms in total. The van der Waals surface area contributed by atoms with E-state index in [0.29, 0.717) is 0 Å². The molecule has 0 aliphatic heterocycles. The molecule has 0 N–H and O–H groups in total. The highest BCUT2D eigenvalue weighted by Crippen LogP contribution is 2.57. The molecule has 0 bridgehead atoms. The van der Waals surface area contributed by atoms with Gasteiger partial charge < -0.3 is 0 Å². The summed E-state index contributed by atoms with van der Waals surface area (Å²) in [5, 5.41) is 2.89. The van der Waals surface area contributed by atoms with Gasteiger partial charge in [-0.05, 0) is 75.8 Å². The van der Waals surface area contributed by atoms with Gasteiger partial charge in [0.1, 0.15) is 0 Å². The van der Waals surface area contributed by atoms with Crippen molar-refractivity contribution in [3.63, 3.8) is 0 Å². The van der Waals surface area contributed by atoms with Gasteiger partial charge in [0.15, 0.2) is 0 Å². The number of hydrogen-bond donors (Lipinski definition) is 0. The van der Waals surface area contributed by atoms with Gasteiger partial charge in [-0.15, -0.1) is 0 Å². The number of fused-ring (bicyclic) bond motifs is 5. The highest BCUT2D eigenvalue weighted by atomic mass is 14.5. The van der Waals surface area contributed by atoms with Crippen molar-refractivity contribution in [3.05, 3.63) is 70.8 Å². The molecule has 4 rings (SSSR count). The fourth-order valence-electron chi connectivity index (χ4n) is 7.23. The van der Waals surface area contributed by atoms with Crippen LogP contribution in [-0.4, -0.2) is 0 Å². The first-order chi connectivity index (χ1) is 18.9. The largest absolute Gasteiger partial charge is 0.0654 e. The zero-order chi connectivity index (χ0) is 27.9. The average Bonchev–Trinajstić information content (AvgIpc) is 3.21. The van der Waals surface area contributed by atoms with Crippen molar-refractivity contribution in [2.45, 2.75) is 149 Å². The summed E-state index contributed by atoms with van der Waals surface area (Å²) in [6, 6.07) is 19.4. The third-order valence-corrected chi connectivity index (χ3v) is 10.2. The molecule has 0 atom stereocenters. The molecule has 0 radical (unpaired) electrons. The second-order valence-electron chi connectivity index (χ2n) is 13.3. The third kappa shape index (κ3) is 6.31. The van der Waals surface area contributed by atoms with Crippen LogP contribution in [0.3, 0.4) is 0 Å². The molecule has 0 unspecified atom stereocenters. The predicted molar refractivity (Wildman–Crippen MR) is 174 cm³/mol. The second-order valence-corrected chi connectivity index (χ2v) is 13.3. The Morgan fingerprint density at radius 1 is 0.615 bits per heavy atom. The number of benzene rings is 3. The van der Waals surface area contributed by atoms with Crippen LogP contribution in [0.1, 0.15) is 153 Å². The van der Waals surface area contributed by atoms with E-state index in [4.69, 9.17) is 0 Å². The highest BCUT2D eigenvalue weighted by molar-refractivity contribution is 6.04. The molecule has 0 saturated heterocycles. The first-order valence-corrected chi connectivity index (χ1v) is 16.6. The smallest absolute Gasteiger partial charge is 0.0215 e. The van der Waals surface area contributed by atoms with E-state index in [0.717, 1.165) is 0 Å². The van der Waals surface area contributed by atoms with E-state index in [2.05, 4.69) is 90.1 Å². The summed E-state index contributed by atoms with van der Waals surface area (Å²) in [5.41, 5.74) is 9.67. The fourth-order valence-corrected chi connectivity index (χ4v) is 7.23. The lowest BCUT2D eigenvalue weighted by molar-refractivity contribution is 0.396. The van der Waals surface area contributed by atoms with Gasteiger partial charge in [0.25, 0.3) is 0 Å². The van der Waals surface area contributed by atoms with Gasteiger partial charge in [0, 0.05) is 5.41 Å². The van der Waals surface area contributed by atoms with E-state index < -0.39 is 0 Å². The van der Waals surface area contributed by atoms with Crippen molar-refractivity contribution in [2.24, 2.45) is 0 Å². The van der Waals surface area contributed by atoms with Crippen molar-refractivity contribution >= 4 is 10.8 Å². The van der Waals surface area contributed by atoms with Gasteiger partial charge in [-0.3, -0.25) is 0 Å². The number of rotatable bonds is 16. The van der Waals surface area contributed by atoms with Crippen LogP contribution in [0, 0.1) is 6.92 Å². The molecular weight excluding hydrogens is 468 g/mol. The van der Waals surface area contributed by atoms with E-state index in [9.17, 15) is 0 Å². The van der Waals surface area contributed by atoms with Crippen LogP contribution >= 0.6 is 0 Å². The summed E-state index contributed by atoms with van der Waals surface area (Å²) < 4.78 is 0. The number of hydrogen-bond acceptors (Lipinski definition) is 0. The third-order valence-electron chi connectivity index (χ3n) is 10.2.